The minimum absolute atomic E-state index is 0.513. The Kier molecular flexibility index (Phi) is 3.46. The highest BCUT2D eigenvalue weighted by Gasteiger charge is 2.27. The number of nitrogens with zero attached hydrogens (tertiary/aromatic N) is 1. The minimum Gasteiger partial charge on any atom is -0.375 e. The second-order valence-corrected chi connectivity index (χ2v) is 7.04. The second-order valence-electron chi connectivity index (χ2n) is 5.98. The van der Waals surface area contributed by atoms with Gasteiger partial charge in [-0.2, -0.15) is 0 Å². The summed E-state index contributed by atoms with van der Waals surface area (Å²) in [5.74, 6) is 0. The number of fused-ring (bicyclic) bond motifs is 1. The number of nitrogen functional groups attached to an aromatic ring is 1. The van der Waals surface area contributed by atoms with Gasteiger partial charge < -0.3 is 11.1 Å². The molecule has 2 aromatic rings. The van der Waals surface area contributed by atoms with E-state index in [1.807, 2.05) is 0 Å². The molecule has 0 bridgehead atoms. The predicted molar refractivity (Wildman–Crippen MR) is 82.3 cm³/mol. The van der Waals surface area contributed by atoms with Crippen molar-refractivity contribution in [3.05, 3.63) is 23.8 Å². The van der Waals surface area contributed by atoms with E-state index in [1.165, 1.54) is 35.9 Å². The third-order valence-corrected chi connectivity index (χ3v) is 5.01. The average molecular weight is 275 g/mol. The zero-order chi connectivity index (χ0) is 13.3. The molecule has 0 spiro atoms. The van der Waals surface area contributed by atoms with Crippen molar-refractivity contribution in [2.75, 3.05) is 12.3 Å². The van der Waals surface area contributed by atoms with Crippen molar-refractivity contribution >= 4 is 26.7 Å². The molecule has 0 amide bonds. The molecule has 1 aromatic carbocycles. The zero-order valence-corrected chi connectivity index (χ0v) is 12.2. The lowest BCUT2D eigenvalue weighted by molar-refractivity contribution is 0.314. The molecule has 1 saturated carbocycles. The standard InChI is InChI=1S/C15H21N3S/c1-15(6-2-3-7-15)10-17-9-11-4-5-12-13(8-11)19-14(16)18-12/h4-5,8,17H,2-3,6-7,9-10H2,1H3,(H2,16,18). The summed E-state index contributed by atoms with van der Waals surface area (Å²) < 4.78 is 1.18. The van der Waals surface area contributed by atoms with Crippen LogP contribution in [0.4, 0.5) is 5.13 Å². The van der Waals surface area contributed by atoms with Crippen molar-refractivity contribution in [2.45, 2.75) is 39.2 Å². The Morgan fingerprint density at radius 2 is 2.16 bits per heavy atom. The maximum atomic E-state index is 5.73. The Labute approximate surface area is 118 Å². The van der Waals surface area contributed by atoms with E-state index < -0.39 is 0 Å². The van der Waals surface area contributed by atoms with Crippen LogP contribution in [0, 0.1) is 5.41 Å². The smallest absolute Gasteiger partial charge is 0.181 e. The van der Waals surface area contributed by atoms with E-state index in [0.29, 0.717) is 10.5 Å². The van der Waals surface area contributed by atoms with Gasteiger partial charge in [0.15, 0.2) is 5.13 Å². The summed E-state index contributed by atoms with van der Waals surface area (Å²) in [6.07, 6.45) is 5.52. The van der Waals surface area contributed by atoms with Crippen LogP contribution in [0.1, 0.15) is 38.2 Å². The molecule has 3 nitrogen and oxygen atoms in total. The first-order valence-corrected chi connectivity index (χ1v) is 7.82. The molecule has 0 unspecified atom stereocenters. The van der Waals surface area contributed by atoms with E-state index in [2.05, 4.69) is 35.4 Å². The van der Waals surface area contributed by atoms with Crippen molar-refractivity contribution < 1.29 is 0 Å². The molecule has 0 radical (unpaired) electrons. The fourth-order valence-electron chi connectivity index (χ4n) is 3.01. The summed E-state index contributed by atoms with van der Waals surface area (Å²) in [7, 11) is 0. The van der Waals surface area contributed by atoms with Gasteiger partial charge in [0.2, 0.25) is 0 Å². The molecule has 1 aromatic heterocycles. The number of rotatable bonds is 4. The maximum absolute atomic E-state index is 5.73. The van der Waals surface area contributed by atoms with Gasteiger partial charge in [-0.15, -0.1) is 0 Å². The molecule has 0 saturated heterocycles. The Morgan fingerprint density at radius 1 is 1.37 bits per heavy atom. The highest BCUT2D eigenvalue weighted by Crippen LogP contribution is 2.36. The first kappa shape index (κ1) is 12.9. The first-order valence-electron chi connectivity index (χ1n) is 7.00. The second kappa shape index (κ2) is 5.10. The third kappa shape index (κ3) is 2.90. The van der Waals surface area contributed by atoms with Crippen molar-refractivity contribution in [3.8, 4) is 0 Å². The molecule has 1 aliphatic rings. The van der Waals surface area contributed by atoms with Crippen molar-refractivity contribution in [3.63, 3.8) is 0 Å². The summed E-state index contributed by atoms with van der Waals surface area (Å²) in [5, 5.41) is 4.26. The van der Waals surface area contributed by atoms with E-state index in [-0.39, 0.29) is 0 Å². The van der Waals surface area contributed by atoms with Gasteiger partial charge in [-0.25, -0.2) is 4.98 Å². The van der Waals surface area contributed by atoms with Gasteiger partial charge in [0.1, 0.15) is 0 Å². The summed E-state index contributed by atoms with van der Waals surface area (Å²) in [6, 6.07) is 6.41. The summed E-state index contributed by atoms with van der Waals surface area (Å²) in [4.78, 5) is 4.28. The Morgan fingerprint density at radius 3 is 2.95 bits per heavy atom. The fraction of sp³-hybridized carbons (Fsp3) is 0.533. The van der Waals surface area contributed by atoms with Crippen LogP contribution in [0.3, 0.4) is 0 Å². The number of benzene rings is 1. The van der Waals surface area contributed by atoms with Crippen LogP contribution in [0.5, 0.6) is 0 Å². The number of nitrogens with one attached hydrogen (secondary N) is 1. The van der Waals surface area contributed by atoms with Crippen LogP contribution >= 0.6 is 11.3 Å². The summed E-state index contributed by atoms with van der Waals surface area (Å²) in [6.45, 7) is 4.46. The molecule has 1 aliphatic carbocycles. The molecule has 0 atom stereocenters. The number of anilines is 1. The van der Waals surface area contributed by atoms with Gasteiger partial charge in [0.05, 0.1) is 10.2 Å². The molecule has 102 valence electrons. The molecule has 4 heteroatoms. The highest BCUT2D eigenvalue weighted by molar-refractivity contribution is 7.22. The van der Waals surface area contributed by atoms with E-state index in [9.17, 15) is 0 Å². The normalized spacial score (nSPS) is 18.2. The molecule has 3 rings (SSSR count). The van der Waals surface area contributed by atoms with Crippen molar-refractivity contribution in [1.82, 2.24) is 10.3 Å². The zero-order valence-electron chi connectivity index (χ0n) is 11.4. The topological polar surface area (TPSA) is 50.9 Å². The highest BCUT2D eigenvalue weighted by atomic mass is 32.1. The van der Waals surface area contributed by atoms with Crippen LogP contribution in [-0.2, 0) is 6.54 Å². The monoisotopic (exact) mass is 275 g/mol. The van der Waals surface area contributed by atoms with Crippen LogP contribution in [0.25, 0.3) is 10.2 Å². The Hall–Kier alpha value is -1.13. The number of hydrogen-bond acceptors (Lipinski definition) is 4. The number of thiazole rings is 1. The lowest BCUT2D eigenvalue weighted by Crippen LogP contribution is -2.29. The van der Waals surface area contributed by atoms with Gasteiger partial charge >= 0.3 is 0 Å². The van der Waals surface area contributed by atoms with Gasteiger partial charge in [-0.1, -0.05) is 37.2 Å². The van der Waals surface area contributed by atoms with Crippen LogP contribution in [0.15, 0.2) is 18.2 Å². The molecule has 19 heavy (non-hydrogen) atoms. The quantitative estimate of drug-likeness (QED) is 0.897. The first-order chi connectivity index (χ1) is 9.15. The third-order valence-electron chi connectivity index (χ3n) is 4.16. The molecule has 1 fully saturated rings. The van der Waals surface area contributed by atoms with Crippen LogP contribution in [0.2, 0.25) is 0 Å². The SMILES string of the molecule is CC1(CNCc2ccc3nc(N)sc3c2)CCCC1. The van der Waals surface area contributed by atoms with Crippen LogP contribution < -0.4 is 11.1 Å². The molecule has 1 heterocycles. The molecule has 0 aliphatic heterocycles. The average Bonchev–Trinajstić information content (AvgIpc) is 2.94. The number of aromatic nitrogens is 1. The van der Waals surface area contributed by atoms with Gasteiger partial charge in [0.25, 0.3) is 0 Å². The molecular formula is C15H21N3S. The lowest BCUT2D eigenvalue weighted by Gasteiger charge is -2.23. The molecular weight excluding hydrogens is 254 g/mol. The van der Waals surface area contributed by atoms with E-state index in [1.54, 1.807) is 11.3 Å². The number of nitrogens with two attached hydrogens (primary N) is 1. The summed E-state index contributed by atoms with van der Waals surface area (Å²) >= 11 is 1.56. The lowest BCUT2D eigenvalue weighted by atomic mass is 9.89. The maximum Gasteiger partial charge on any atom is 0.181 e. The van der Waals surface area contributed by atoms with Gasteiger partial charge in [0, 0.05) is 13.1 Å². The van der Waals surface area contributed by atoms with E-state index in [4.69, 9.17) is 5.73 Å². The van der Waals surface area contributed by atoms with Crippen molar-refractivity contribution in [1.29, 1.82) is 0 Å². The van der Waals surface area contributed by atoms with Crippen LogP contribution in [-0.4, -0.2) is 11.5 Å². The minimum atomic E-state index is 0.513. The number of hydrogen-bond donors (Lipinski definition) is 2. The Balaban J connectivity index is 1.61. The summed E-state index contributed by atoms with van der Waals surface area (Å²) in [5.41, 5.74) is 8.57. The van der Waals surface area contributed by atoms with Crippen molar-refractivity contribution in [2.24, 2.45) is 5.41 Å². The Bertz CT molecular complexity index is 570. The predicted octanol–water partition coefficient (Wildman–Crippen LogP) is 3.55. The largest absolute Gasteiger partial charge is 0.375 e. The molecule has 3 N–H and O–H groups in total. The fourth-order valence-corrected chi connectivity index (χ4v) is 3.81. The van der Waals surface area contributed by atoms with Gasteiger partial charge in [-0.05, 0) is 36.0 Å². The van der Waals surface area contributed by atoms with E-state index >= 15 is 0 Å². The van der Waals surface area contributed by atoms with E-state index in [0.717, 1.165) is 18.6 Å². The van der Waals surface area contributed by atoms with Gasteiger partial charge in [-0.3, -0.25) is 0 Å².